The van der Waals surface area contributed by atoms with Crippen LogP contribution in [0.4, 0.5) is 5.95 Å². The van der Waals surface area contributed by atoms with Crippen LogP contribution in [0.2, 0.25) is 0 Å². The average molecular weight is 386 g/mol. The van der Waals surface area contributed by atoms with E-state index >= 15 is 0 Å². The average Bonchev–Trinajstić information content (AvgIpc) is 3.22. The Kier molecular flexibility index (Phi) is 6.70. The minimum Gasteiger partial charge on any atom is -0.286 e. The molecular weight excluding hydrogens is 360 g/mol. The highest BCUT2D eigenvalue weighted by Crippen LogP contribution is 2.30. The zero-order valence-electron chi connectivity index (χ0n) is 16.0. The number of benzene rings is 1. The number of nitrogens with one attached hydrogen (secondary N) is 2. The van der Waals surface area contributed by atoms with Crippen molar-refractivity contribution in [3.8, 4) is 0 Å². The molecule has 2 amide bonds. The Morgan fingerprint density at radius 1 is 1.32 bits per heavy atom. The smallest absolute Gasteiger partial charge is 0.262 e. The number of nitrogens with zero attached hydrogens (tertiary/aromatic N) is 4. The molecule has 3 rings (SSSR count). The Balaban J connectivity index is 1.59. The molecule has 1 atom stereocenters. The molecule has 9 nitrogen and oxygen atoms in total. The second-order valence-corrected chi connectivity index (χ2v) is 7.39. The zero-order valence-corrected chi connectivity index (χ0v) is 16.0. The molecule has 1 aliphatic carbocycles. The van der Waals surface area contributed by atoms with Gasteiger partial charge in [0.25, 0.3) is 5.95 Å². The molecule has 1 aliphatic rings. The first-order chi connectivity index (χ1) is 13.5. The van der Waals surface area contributed by atoms with E-state index in [1.165, 1.54) is 25.7 Å². The van der Waals surface area contributed by atoms with Crippen LogP contribution in [-0.2, 0) is 9.59 Å². The molecule has 1 saturated carbocycles. The highest BCUT2D eigenvalue weighted by Gasteiger charge is 2.24. The van der Waals surface area contributed by atoms with Gasteiger partial charge in [-0.15, -0.1) is 10.2 Å². The van der Waals surface area contributed by atoms with Crippen LogP contribution in [-0.4, -0.2) is 44.3 Å². The van der Waals surface area contributed by atoms with E-state index in [1.807, 2.05) is 25.1 Å². The molecule has 0 saturated heterocycles. The lowest BCUT2D eigenvalue weighted by atomic mass is 9.94. The Labute approximate surface area is 163 Å². The largest absolute Gasteiger partial charge is 0.286 e. The summed E-state index contributed by atoms with van der Waals surface area (Å²) in [5.41, 5.74) is 7.65. The molecule has 1 aromatic carbocycles. The van der Waals surface area contributed by atoms with E-state index in [0.29, 0.717) is 34.8 Å². The third-order valence-electron chi connectivity index (χ3n) is 5.21. The molecule has 28 heavy (non-hydrogen) atoms. The first kappa shape index (κ1) is 19.9. The van der Waals surface area contributed by atoms with Crippen molar-refractivity contribution in [2.24, 2.45) is 11.8 Å². The fourth-order valence-corrected chi connectivity index (χ4v) is 3.63. The van der Waals surface area contributed by atoms with Gasteiger partial charge in [0.15, 0.2) is 0 Å². The minimum atomic E-state index is -0.528. The quantitative estimate of drug-likeness (QED) is 0.343. The van der Waals surface area contributed by atoms with Crippen LogP contribution < -0.4 is 10.9 Å². The summed E-state index contributed by atoms with van der Waals surface area (Å²) in [6, 6.07) is 5.64. The number of aromatic nitrogens is 3. The van der Waals surface area contributed by atoms with Crippen molar-refractivity contribution in [1.29, 1.82) is 0 Å². The lowest BCUT2D eigenvalue weighted by molar-refractivity contribution is -0.154. The number of carbonyl (C=O) groups excluding carboxylic acids is 2. The fraction of sp³-hybridized carbons (Fsp3) is 0.526. The Bertz CT molecular complexity index is 824. The number of amides is 2. The van der Waals surface area contributed by atoms with E-state index in [0.717, 1.165) is 12.0 Å². The number of rotatable bonds is 9. The van der Waals surface area contributed by atoms with Crippen molar-refractivity contribution in [2.75, 3.05) is 12.0 Å². The maximum absolute atomic E-state index is 12.6. The number of anilines is 1. The third-order valence-corrected chi connectivity index (χ3v) is 5.21. The van der Waals surface area contributed by atoms with Crippen LogP contribution in [0.1, 0.15) is 44.1 Å². The Morgan fingerprint density at radius 3 is 2.86 bits per heavy atom. The van der Waals surface area contributed by atoms with E-state index in [4.69, 9.17) is 0 Å². The number of hydrogen-bond donors (Lipinski definition) is 3. The summed E-state index contributed by atoms with van der Waals surface area (Å²) in [6.45, 7) is 1.91. The molecule has 0 aliphatic heterocycles. The molecule has 9 heteroatoms. The SMILES string of the molecule is Cc1ccc2nc(NNC(=O)[C@H](CCC3CCCC3)CN(O)C=O)nnc2c1. The van der Waals surface area contributed by atoms with Crippen LogP contribution in [0.15, 0.2) is 18.2 Å². The van der Waals surface area contributed by atoms with Crippen molar-refractivity contribution in [3.05, 3.63) is 23.8 Å². The molecule has 1 heterocycles. The van der Waals surface area contributed by atoms with E-state index in [1.54, 1.807) is 0 Å². The summed E-state index contributed by atoms with van der Waals surface area (Å²) >= 11 is 0. The van der Waals surface area contributed by atoms with Gasteiger partial charge in [-0.2, -0.15) is 0 Å². The van der Waals surface area contributed by atoms with Gasteiger partial charge < -0.3 is 0 Å². The fourth-order valence-electron chi connectivity index (χ4n) is 3.63. The predicted molar refractivity (Wildman–Crippen MR) is 103 cm³/mol. The third kappa shape index (κ3) is 5.35. The number of fused-ring (bicyclic) bond motifs is 1. The topological polar surface area (TPSA) is 120 Å². The summed E-state index contributed by atoms with van der Waals surface area (Å²) in [6.07, 6.45) is 6.63. The zero-order chi connectivity index (χ0) is 19.9. The molecule has 1 aromatic heterocycles. The second-order valence-electron chi connectivity index (χ2n) is 7.39. The predicted octanol–water partition coefficient (Wildman–Crippen LogP) is 2.21. The maximum atomic E-state index is 12.6. The number of hydrazine groups is 1. The first-order valence-electron chi connectivity index (χ1n) is 9.63. The lowest BCUT2D eigenvalue weighted by Gasteiger charge is -2.21. The van der Waals surface area contributed by atoms with E-state index in [-0.39, 0.29) is 18.4 Å². The number of carbonyl (C=O) groups is 2. The van der Waals surface area contributed by atoms with Crippen molar-refractivity contribution in [1.82, 2.24) is 25.7 Å². The highest BCUT2D eigenvalue weighted by atomic mass is 16.5. The van der Waals surface area contributed by atoms with Gasteiger partial charge in [0.2, 0.25) is 12.3 Å². The summed E-state index contributed by atoms with van der Waals surface area (Å²) in [5.74, 6) is -0.0653. The van der Waals surface area contributed by atoms with E-state index in [2.05, 4.69) is 26.0 Å². The summed E-state index contributed by atoms with van der Waals surface area (Å²) in [7, 11) is 0. The molecule has 0 spiro atoms. The van der Waals surface area contributed by atoms with Crippen LogP contribution in [0, 0.1) is 18.8 Å². The number of hydrogen-bond acceptors (Lipinski definition) is 7. The summed E-state index contributed by atoms with van der Waals surface area (Å²) < 4.78 is 0. The highest BCUT2D eigenvalue weighted by molar-refractivity contribution is 5.80. The van der Waals surface area contributed by atoms with Crippen molar-refractivity contribution in [3.63, 3.8) is 0 Å². The van der Waals surface area contributed by atoms with E-state index < -0.39 is 5.92 Å². The summed E-state index contributed by atoms with van der Waals surface area (Å²) in [5, 5.41) is 18.1. The monoisotopic (exact) mass is 386 g/mol. The molecule has 3 N–H and O–H groups in total. The van der Waals surface area contributed by atoms with Crippen molar-refractivity contribution in [2.45, 2.75) is 45.4 Å². The van der Waals surface area contributed by atoms with Crippen molar-refractivity contribution >= 4 is 29.3 Å². The van der Waals surface area contributed by atoms with Gasteiger partial charge >= 0.3 is 0 Å². The molecule has 0 bridgehead atoms. The van der Waals surface area contributed by atoms with Gasteiger partial charge in [0.1, 0.15) is 5.52 Å². The van der Waals surface area contributed by atoms with Crippen LogP contribution in [0.5, 0.6) is 0 Å². The Hall–Kier alpha value is -2.81. The van der Waals surface area contributed by atoms with Gasteiger partial charge in [0, 0.05) is 0 Å². The van der Waals surface area contributed by atoms with Gasteiger partial charge in [-0.3, -0.25) is 25.6 Å². The normalized spacial score (nSPS) is 15.4. The number of hydroxylamine groups is 2. The lowest BCUT2D eigenvalue weighted by Crippen LogP contribution is -2.40. The molecule has 1 fully saturated rings. The molecule has 2 aromatic rings. The molecule has 0 radical (unpaired) electrons. The van der Waals surface area contributed by atoms with Crippen LogP contribution in [0.25, 0.3) is 11.0 Å². The first-order valence-corrected chi connectivity index (χ1v) is 9.63. The van der Waals surface area contributed by atoms with Crippen LogP contribution >= 0.6 is 0 Å². The molecular formula is C19H26N6O3. The molecule has 150 valence electrons. The van der Waals surface area contributed by atoms with E-state index in [9.17, 15) is 14.8 Å². The summed E-state index contributed by atoms with van der Waals surface area (Å²) in [4.78, 5) is 27.6. The second kappa shape index (κ2) is 9.41. The Morgan fingerprint density at radius 2 is 2.11 bits per heavy atom. The standard InChI is InChI=1S/C19H26N6O3/c1-13-6-9-16-17(10-13)21-23-19(20-16)24-22-18(27)15(11-25(28)12-26)8-7-14-4-2-3-5-14/h6,9-10,12,14-15,28H,2-5,7-8,11H2,1H3,(H,22,27)(H,20,23,24)/t15-/m1/s1. The van der Waals surface area contributed by atoms with Gasteiger partial charge in [-0.25, -0.2) is 10.0 Å². The van der Waals surface area contributed by atoms with Crippen molar-refractivity contribution < 1.29 is 14.8 Å². The number of aryl methyl sites for hydroxylation is 1. The maximum Gasteiger partial charge on any atom is 0.262 e. The van der Waals surface area contributed by atoms with Gasteiger partial charge in [-0.1, -0.05) is 31.7 Å². The van der Waals surface area contributed by atoms with Gasteiger partial charge in [0.05, 0.1) is 18.0 Å². The molecule has 0 unspecified atom stereocenters. The van der Waals surface area contributed by atoms with Crippen LogP contribution in [0.3, 0.4) is 0 Å². The minimum absolute atomic E-state index is 0.0557. The van der Waals surface area contributed by atoms with Gasteiger partial charge in [-0.05, 0) is 43.4 Å².